The molecule has 66 valence electrons. The fourth-order valence-corrected chi connectivity index (χ4v) is 0.433. The molecule has 0 radical (unpaired) electrons. The van der Waals surface area contributed by atoms with Crippen molar-refractivity contribution in [3.63, 3.8) is 0 Å². The van der Waals surface area contributed by atoms with E-state index in [4.69, 9.17) is 0 Å². The Balaban J connectivity index is -0.000000245. The van der Waals surface area contributed by atoms with Crippen LogP contribution in [0.5, 0.6) is 0 Å². The Kier molecular flexibility index (Phi) is 10.5. The summed E-state index contributed by atoms with van der Waals surface area (Å²) in [6.45, 7) is 7.50. The quantitative estimate of drug-likeness (QED) is 0.412. The smallest absolute Gasteiger partial charge is 0.139 e. The van der Waals surface area contributed by atoms with Crippen molar-refractivity contribution in [2.45, 2.75) is 26.8 Å². The third-order valence-electron chi connectivity index (χ3n) is 1.57. The second-order valence-corrected chi connectivity index (χ2v) is 3.35. The minimum atomic E-state index is 0. The maximum atomic E-state index is 3.97. The Bertz CT molecular complexity index is 70.6. The lowest BCUT2D eigenvalue weighted by atomic mass is 9.88. The Labute approximate surface area is 75.5 Å². The molecule has 6 N–H and O–H groups in total. The summed E-state index contributed by atoms with van der Waals surface area (Å²) in [6.07, 6.45) is 0. The summed E-state index contributed by atoms with van der Waals surface area (Å²) in [5.74, 6) is 0. The summed E-state index contributed by atoms with van der Waals surface area (Å²) < 4.78 is 0. The van der Waals surface area contributed by atoms with E-state index in [1.54, 1.807) is 0 Å². The van der Waals surface area contributed by atoms with Crippen LogP contribution in [0.3, 0.4) is 0 Å². The van der Waals surface area contributed by atoms with Gasteiger partial charge in [-0.15, -0.1) is 0 Å². The van der Waals surface area contributed by atoms with Gasteiger partial charge in [-0.05, 0) is 0 Å². The van der Waals surface area contributed by atoms with Gasteiger partial charge in [0.1, 0.15) is 12.6 Å². The zero-order valence-corrected chi connectivity index (χ0v) is 8.47. The van der Waals surface area contributed by atoms with Gasteiger partial charge in [-0.25, -0.2) is 0 Å². The van der Waals surface area contributed by atoms with Crippen LogP contribution in [0.4, 0.5) is 0 Å². The van der Waals surface area contributed by atoms with Gasteiger partial charge in [0.05, 0.1) is 0 Å². The van der Waals surface area contributed by atoms with Crippen LogP contribution in [0.15, 0.2) is 0 Å². The summed E-state index contributed by atoms with van der Waals surface area (Å²) in [4.78, 5) is 0. The predicted molar refractivity (Wildman–Crippen MR) is 33.9 cm³/mol. The van der Waals surface area contributed by atoms with Crippen molar-refractivity contribution in [2.75, 3.05) is 6.54 Å². The molecule has 0 amide bonds. The number of rotatable bonds is 1. The molecule has 0 aromatic carbocycles. The average Bonchev–Trinajstić information content (AvgIpc) is 1.62. The van der Waals surface area contributed by atoms with Crippen LogP contribution in [0.1, 0.15) is 20.8 Å². The number of quaternary nitrogens is 2. The lowest BCUT2D eigenvalue weighted by Crippen LogP contribution is -3.00. The van der Waals surface area contributed by atoms with Crippen molar-refractivity contribution in [1.29, 1.82) is 0 Å². The highest BCUT2D eigenvalue weighted by atomic mass is 35.5. The van der Waals surface area contributed by atoms with Crippen molar-refractivity contribution in [2.24, 2.45) is 5.41 Å². The van der Waals surface area contributed by atoms with E-state index in [1.807, 2.05) is 0 Å². The fraction of sp³-hybridized carbons (Fsp3) is 1.00. The molecule has 4 heteroatoms. The molecule has 0 fully saturated rings. The highest BCUT2D eigenvalue weighted by Crippen LogP contribution is 2.13. The van der Waals surface area contributed by atoms with Crippen LogP contribution in [-0.2, 0) is 0 Å². The SMILES string of the molecule is CC(C)(C)[C@H]([NH3+])C[NH3+].[Cl-].[Cl-]. The molecular weight excluding hydrogens is 171 g/mol. The molecule has 0 aliphatic heterocycles. The Morgan fingerprint density at radius 3 is 1.50 bits per heavy atom. The van der Waals surface area contributed by atoms with Crippen LogP contribution < -0.4 is 36.3 Å². The summed E-state index contributed by atoms with van der Waals surface area (Å²) in [7, 11) is 0. The average molecular weight is 189 g/mol. The van der Waals surface area contributed by atoms with Crippen LogP contribution in [-0.4, -0.2) is 12.6 Å². The molecule has 0 aliphatic carbocycles. The molecule has 0 aromatic rings. The molecule has 0 aliphatic rings. The summed E-state index contributed by atoms with van der Waals surface area (Å²) in [5, 5.41) is 0. The van der Waals surface area contributed by atoms with E-state index >= 15 is 0 Å². The van der Waals surface area contributed by atoms with Gasteiger partial charge in [0.2, 0.25) is 0 Å². The summed E-state index contributed by atoms with van der Waals surface area (Å²) in [6, 6.07) is 0.488. The van der Waals surface area contributed by atoms with E-state index in [-0.39, 0.29) is 24.8 Å². The maximum absolute atomic E-state index is 3.97. The molecule has 0 bridgehead atoms. The van der Waals surface area contributed by atoms with E-state index < -0.39 is 0 Å². The Hall–Kier alpha value is 0.500. The van der Waals surface area contributed by atoms with E-state index in [1.165, 1.54) is 0 Å². The summed E-state index contributed by atoms with van der Waals surface area (Å²) in [5.41, 5.74) is 8.09. The minimum Gasteiger partial charge on any atom is -1.00 e. The molecule has 0 spiro atoms. The Morgan fingerprint density at radius 1 is 1.20 bits per heavy atom. The monoisotopic (exact) mass is 188 g/mol. The molecule has 0 saturated heterocycles. The standard InChI is InChI=1S/C6H16N2.2ClH/c1-6(2,3)5(8)4-7;;/h5H,4,7-8H2,1-3H3;2*1H/t5-;;/m1../s1. The van der Waals surface area contributed by atoms with Crippen LogP contribution >= 0.6 is 0 Å². The third kappa shape index (κ3) is 6.62. The number of hydrogen-bond donors (Lipinski definition) is 2. The molecule has 0 rings (SSSR count). The topological polar surface area (TPSA) is 55.3 Å². The maximum Gasteiger partial charge on any atom is 0.139 e. The first kappa shape index (κ1) is 16.8. The van der Waals surface area contributed by atoms with Crippen molar-refractivity contribution in [3.8, 4) is 0 Å². The predicted octanol–water partition coefficient (Wildman–Crippen LogP) is -7.11. The number of halogens is 2. The van der Waals surface area contributed by atoms with Gasteiger partial charge < -0.3 is 36.3 Å². The first-order valence-electron chi connectivity index (χ1n) is 3.11. The minimum absolute atomic E-state index is 0. The molecule has 1 atom stereocenters. The van der Waals surface area contributed by atoms with Crippen LogP contribution in [0, 0.1) is 5.41 Å². The highest BCUT2D eigenvalue weighted by molar-refractivity contribution is 4.68. The van der Waals surface area contributed by atoms with Gasteiger partial charge in [0.15, 0.2) is 0 Å². The zero-order valence-electron chi connectivity index (χ0n) is 6.95. The van der Waals surface area contributed by atoms with E-state index in [9.17, 15) is 0 Å². The first-order chi connectivity index (χ1) is 3.48. The van der Waals surface area contributed by atoms with Gasteiger partial charge in [0, 0.05) is 5.41 Å². The van der Waals surface area contributed by atoms with Crippen molar-refractivity contribution >= 4 is 0 Å². The second-order valence-electron chi connectivity index (χ2n) is 3.35. The number of hydrogen-bond acceptors (Lipinski definition) is 0. The lowest BCUT2D eigenvalue weighted by Gasteiger charge is -2.19. The van der Waals surface area contributed by atoms with Crippen molar-refractivity contribution < 1.29 is 36.3 Å². The molecule has 0 saturated carbocycles. The molecule has 2 nitrogen and oxygen atoms in total. The highest BCUT2D eigenvalue weighted by Gasteiger charge is 2.23. The van der Waals surface area contributed by atoms with Gasteiger partial charge in [-0.1, -0.05) is 20.8 Å². The van der Waals surface area contributed by atoms with Gasteiger partial charge in [0.25, 0.3) is 0 Å². The van der Waals surface area contributed by atoms with Gasteiger partial charge in [-0.3, -0.25) is 0 Å². The Morgan fingerprint density at radius 2 is 1.50 bits per heavy atom. The van der Waals surface area contributed by atoms with Crippen LogP contribution in [0.2, 0.25) is 0 Å². The third-order valence-corrected chi connectivity index (χ3v) is 1.57. The van der Waals surface area contributed by atoms with E-state index in [0.29, 0.717) is 11.5 Å². The van der Waals surface area contributed by atoms with Crippen molar-refractivity contribution in [1.82, 2.24) is 0 Å². The molecular formula is C6H18Cl2N2. The summed E-state index contributed by atoms with van der Waals surface area (Å²) >= 11 is 0. The normalized spacial score (nSPS) is 12.9. The van der Waals surface area contributed by atoms with E-state index in [2.05, 4.69) is 32.2 Å². The fourth-order valence-electron chi connectivity index (χ4n) is 0.433. The molecule has 0 aromatic heterocycles. The molecule has 0 unspecified atom stereocenters. The zero-order chi connectivity index (χ0) is 6.78. The molecule has 0 heterocycles. The first-order valence-corrected chi connectivity index (χ1v) is 3.11. The van der Waals surface area contributed by atoms with E-state index in [0.717, 1.165) is 6.54 Å². The second kappa shape index (κ2) is 6.23. The van der Waals surface area contributed by atoms with Crippen LogP contribution in [0.25, 0.3) is 0 Å². The van der Waals surface area contributed by atoms with Gasteiger partial charge in [-0.2, -0.15) is 0 Å². The lowest BCUT2D eigenvalue weighted by molar-refractivity contribution is -0.510. The largest absolute Gasteiger partial charge is 1.00 e. The van der Waals surface area contributed by atoms with Crippen molar-refractivity contribution in [3.05, 3.63) is 0 Å². The van der Waals surface area contributed by atoms with Gasteiger partial charge >= 0.3 is 0 Å². The molecule has 10 heavy (non-hydrogen) atoms.